The fraction of sp³-hybridized carbons (Fsp3) is 0.130. The first-order chi connectivity index (χ1) is 15.5. The van der Waals surface area contributed by atoms with E-state index in [-0.39, 0.29) is 18.2 Å². The van der Waals surface area contributed by atoms with Crippen LogP contribution in [0.15, 0.2) is 75.3 Å². The van der Waals surface area contributed by atoms with Crippen LogP contribution in [0.1, 0.15) is 17.7 Å². The van der Waals surface area contributed by atoms with Crippen LogP contribution in [0.25, 0.3) is 11.3 Å². The summed E-state index contributed by atoms with van der Waals surface area (Å²) in [6.07, 6.45) is 1.49. The van der Waals surface area contributed by atoms with Gasteiger partial charge >= 0.3 is 0 Å². The number of rotatable bonds is 6. The number of aryl methyl sites for hydroxylation is 1. The minimum absolute atomic E-state index is 0.0374. The molecule has 1 fully saturated rings. The molecule has 1 aromatic heterocycles. The second kappa shape index (κ2) is 9.84. The van der Waals surface area contributed by atoms with Crippen LogP contribution in [0.2, 0.25) is 5.02 Å². The van der Waals surface area contributed by atoms with Crippen LogP contribution in [0, 0.1) is 6.92 Å². The maximum absolute atomic E-state index is 12.2. The van der Waals surface area contributed by atoms with Gasteiger partial charge in [0.2, 0.25) is 11.8 Å². The molecule has 0 saturated carbocycles. The molecule has 7 nitrogen and oxygen atoms in total. The van der Waals surface area contributed by atoms with Crippen molar-refractivity contribution < 1.29 is 14.0 Å². The molecule has 2 N–H and O–H groups in total. The minimum atomic E-state index is -0.561. The Morgan fingerprint density at radius 3 is 2.66 bits per heavy atom. The van der Waals surface area contributed by atoms with Gasteiger partial charge in [0.15, 0.2) is 5.17 Å². The Bertz CT molecular complexity index is 1190. The first kappa shape index (κ1) is 21.9. The molecule has 0 unspecified atom stereocenters. The summed E-state index contributed by atoms with van der Waals surface area (Å²) in [4.78, 5) is 24.4. The Balaban J connectivity index is 1.32. The Hall–Kier alpha value is -3.36. The molecule has 0 spiro atoms. The smallest absolute Gasteiger partial charge is 0.240 e. The monoisotopic (exact) mass is 466 g/mol. The first-order valence-corrected chi connectivity index (χ1v) is 11.0. The van der Waals surface area contributed by atoms with Crippen LogP contribution in [-0.2, 0) is 9.59 Å². The van der Waals surface area contributed by atoms with Crippen LogP contribution in [0.4, 0.5) is 5.69 Å². The molecule has 1 aliphatic heterocycles. The molecule has 9 heteroatoms. The Kier molecular flexibility index (Phi) is 6.72. The van der Waals surface area contributed by atoms with Gasteiger partial charge in [-0.15, -0.1) is 5.10 Å². The van der Waals surface area contributed by atoms with Crippen LogP contribution in [0.3, 0.4) is 0 Å². The molecular formula is C23H19ClN4O3S. The van der Waals surface area contributed by atoms with Gasteiger partial charge in [0.05, 0.1) is 6.21 Å². The molecule has 0 aliphatic carbocycles. The Morgan fingerprint density at radius 2 is 1.91 bits per heavy atom. The lowest BCUT2D eigenvalue weighted by Crippen LogP contribution is -2.28. The number of carbonyl (C=O) groups is 2. The summed E-state index contributed by atoms with van der Waals surface area (Å²) in [5, 5.41) is 13.9. The van der Waals surface area contributed by atoms with E-state index in [0.717, 1.165) is 11.1 Å². The van der Waals surface area contributed by atoms with E-state index in [2.05, 4.69) is 20.8 Å². The molecule has 0 radical (unpaired) electrons. The zero-order valence-electron chi connectivity index (χ0n) is 17.0. The number of anilines is 1. The average Bonchev–Trinajstić information content (AvgIpc) is 3.37. The minimum Gasteiger partial charge on any atom is -0.455 e. The summed E-state index contributed by atoms with van der Waals surface area (Å²) in [6, 6.07) is 18.4. The zero-order valence-corrected chi connectivity index (χ0v) is 18.6. The van der Waals surface area contributed by atoms with Crippen LogP contribution in [-0.4, -0.2) is 28.4 Å². The fourth-order valence-electron chi connectivity index (χ4n) is 2.93. The zero-order chi connectivity index (χ0) is 22.5. The van der Waals surface area contributed by atoms with Gasteiger partial charge in [-0.25, -0.2) is 0 Å². The van der Waals surface area contributed by atoms with Gasteiger partial charge in [0.25, 0.3) is 0 Å². The molecule has 1 aliphatic rings. The molecule has 1 saturated heterocycles. The van der Waals surface area contributed by atoms with Crippen molar-refractivity contribution in [2.75, 3.05) is 5.32 Å². The lowest BCUT2D eigenvalue weighted by Gasteiger charge is -2.07. The largest absolute Gasteiger partial charge is 0.455 e. The summed E-state index contributed by atoms with van der Waals surface area (Å²) in [6.45, 7) is 1.97. The lowest BCUT2D eigenvalue weighted by atomic mass is 10.2. The van der Waals surface area contributed by atoms with Gasteiger partial charge in [-0.3, -0.25) is 9.59 Å². The van der Waals surface area contributed by atoms with Gasteiger partial charge < -0.3 is 15.1 Å². The summed E-state index contributed by atoms with van der Waals surface area (Å²) in [7, 11) is 0. The van der Waals surface area contributed by atoms with Crippen LogP contribution < -0.4 is 10.6 Å². The molecule has 3 aromatic rings. The summed E-state index contributed by atoms with van der Waals surface area (Å²) in [5.41, 5.74) is 2.69. The normalized spacial score (nSPS) is 17.1. The molecule has 2 amide bonds. The number of nitrogens with zero attached hydrogens (tertiary/aromatic N) is 2. The number of hydrogen-bond acceptors (Lipinski definition) is 6. The Morgan fingerprint density at radius 1 is 1.16 bits per heavy atom. The number of hydrogen-bond donors (Lipinski definition) is 2. The third kappa shape index (κ3) is 5.66. The number of carbonyl (C=O) groups excluding carboxylic acids is 2. The quantitative estimate of drug-likeness (QED) is 0.400. The van der Waals surface area contributed by atoms with Gasteiger partial charge in [-0.2, -0.15) is 5.10 Å². The van der Waals surface area contributed by atoms with E-state index in [4.69, 9.17) is 16.0 Å². The standard InChI is InChI=1S/C23H19ClN4O3S/c1-14-2-8-17(9-3-14)26-21(29)12-20-22(30)27-23(32-20)28-25-13-18-10-11-19(31-18)15-4-6-16(24)7-5-15/h2-11,13,20H,12H2,1H3,(H,26,29)(H,27,28,30)/b25-13-/t20-/m0/s1. The van der Waals surface area contributed by atoms with Gasteiger partial charge in [-0.05, 0) is 55.5 Å². The van der Waals surface area contributed by atoms with Gasteiger partial charge in [0.1, 0.15) is 16.8 Å². The van der Waals surface area contributed by atoms with E-state index in [1.807, 2.05) is 49.4 Å². The highest BCUT2D eigenvalue weighted by molar-refractivity contribution is 8.15. The average molecular weight is 467 g/mol. The second-order valence-corrected chi connectivity index (χ2v) is 8.70. The maximum atomic E-state index is 12.2. The number of halogens is 1. The van der Waals surface area contributed by atoms with Crippen molar-refractivity contribution in [3.8, 4) is 11.3 Å². The molecule has 4 rings (SSSR count). The molecule has 0 bridgehead atoms. The third-order valence-electron chi connectivity index (χ3n) is 4.57. The number of thioether (sulfide) groups is 1. The fourth-order valence-corrected chi connectivity index (χ4v) is 3.98. The Labute approximate surface area is 193 Å². The van der Waals surface area contributed by atoms with E-state index in [1.165, 1.54) is 18.0 Å². The van der Waals surface area contributed by atoms with E-state index in [1.54, 1.807) is 18.2 Å². The second-order valence-electron chi connectivity index (χ2n) is 7.07. The van der Waals surface area contributed by atoms with E-state index >= 15 is 0 Å². The topological polar surface area (TPSA) is 96.1 Å². The number of benzene rings is 2. The number of nitrogens with one attached hydrogen (secondary N) is 2. The predicted octanol–water partition coefficient (Wildman–Crippen LogP) is 4.86. The van der Waals surface area contributed by atoms with Crippen molar-refractivity contribution in [1.29, 1.82) is 0 Å². The van der Waals surface area contributed by atoms with Gasteiger partial charge in [-0.1, -0.05) is 41.1 Å². The van der Waals surface area contributed by atoms with Gasteiger partial charge in [0, 0.05) is 22.7 Å². The van der Waals surface area contributed by atoms with E-state index in [0.29, 0.717) is 27.4 Å². The van der Waals surface area contributed by atoms with Crippen molar-refractivity contribution in [2.24, 2.45) is 10.2 Å². The molecule has 2 heterocycles. The molecule has 32 heavy (non-hydrogen) atoms. The van der Waals surface area contributed by atoms with Crippen molar-refractivity contribution in [1.82, 2.24) is 5.32 Å². The van der Waals surface area contributed by atoms with E-state index < -0.39 is 5.25 Å². The molecule has 2 aromatic carbocycles. The van der Waals surface area contributed by atoms with Crippen molar-refractivity contribution >= 4 is 52.2 Å². The highest BCUT2D eigenvalue weighted by Gasteiger charge is 2.32. The SMILES string of the molecule is Cc1ccc(NC(=O)C[C@@H]2S/C(=N/N=C\c3ccc(-c4ccc(Cl)cc4)o3)NC2=O)cc1. The number of amides is 2. The van der Waals surface area contributed by atoms with Crippen LogP contribution in [0.5, 0.6) is 0 Å². The van der Waals surface area contributed by atoms with Crippen molar-refractivity contribution in [2.45, 2.75) is 18.6 Å². The highest BCUT2D eigenvalue weighted by atomic mass is 35.5. The third-order valence-corrected chi connectivity index (χ3v) is 5.90. The lowest BCUT2D eigenvalue weighted by molar-refractivity contribution is -0.122. The highest BCUT2D eigenvalue weighted by Crippen LogP contribution is 2.24. The summed E-state index contributed by atoms with van der Waals surface area (Å²) >= 11 is 7.07. The molecular weight excluding hydrogens is 448 g/mol. The molecule has 1 atom stereocenters. The van der Waals surface area contributed by atoms with Crippen molar-refractivity contribution in [3.05, 3.63) is 77.0 Å². The predicted molar refractivity (Wildman–Crippen MR) is 128 cm³/mol. The maximum Gasteiger partial charge on any atom is 0.240 e. The van der Waals surface area contributed by atoms with Crippen LogP contribution >= 0.6 is 23.4 Å². The summed E-state index contributed by atoms with van der Waals surface area (Å²) < 4.78 is 5.72. The summed E-state index contributed by atoms with van der Waals surface area (Å²) in [5.74, 6) is 0.684. The number of furan rings is 1. The first-order valence-electron chi connectivity index (χ1n) is 9.77. The molecule has 162 valence electrons. The van der Waals surface area contributed by atoms with E-state index in [9.17, 15) is 9.59 Å². The van der Waals surface area contributed by atoms with Crippen molar-refractivity contribution in [3.63, 3.8) is 0 Å². The number of amidine groups is 1.